The molecule has 0 fully saturated rings. The van der Waals surface area contributed by atoms with Gasteiger partial charge < -0.3 is 9.64 Å². The molecule has 0 aliphatic heterocycles. The van der Waals surface area contributed by atoms with E-state index in [2.05, 4.69) is 0 Å². The van der Waals surface area contributed by atoms with Crippen molar-refractivity contribution in [2.75, 3.05) is 25.3 Å². The first-order valence-electron chi connectivity index (χ1n) is 7.63. The third-order valence-corrected chi connectivity index (χ3v) is 5.33. The molecule has 0 bridgehead atoms. The summed E-state index contributed by atoms with van der Waals surface area (Å²) in [6, 6.07) is 10.3. The van der Waals surface area contributed by atoms with Crippen LogP contribution in [-0.2, 0) is 16.3 Å². The van der Waals surface area contributed by atoms with Crippen LogP contribution in [0.5, 0.6) is 5.75 Å². The lowest BCUT2D eigenvalue weighted by molar-refractivity contribution is 0.108. The smallest absolute Gasteiger partial charge is 0.252 e. The fourth-order valence-corrected chi connectivity index (χ4v) is 3.67. The number of methoxy groups -OCH3 is 1. The van der Waals surface area contributed by atoms with Crippen LogP contribution in [0.4, 0.5) is 11.4 Å². The second kappa shape index (κ2) is 7.45. The second-order valence-electron chi connectivity index (χ2n) is 5.63. The summed E-state index contributed by atoms with van der Waals surface area (Å²) in [5.41, 5.74) is 2.20. The van der Waals surface area contributed by atoms with E-state index in [0.717, 1.165) is 11.9 Å². The van der Waals surface area contributed by atoms with Crippen LogP contribution in [0.3, 0.4) is 0 Å². The molecule has 2 aromatic rings. The van der Waals surface area contributed by atoms with Crippen LogP contribution >= 0.6 is 11.6 Å². The van der Waals surface area contributed by atoms with Crippen molar-refractivity contribution in [3.8, 4) is 5.75 Å². The maximum absolute atomic E-state index is 12.3. The number of carbonyl (C=O) groups is 1. The fourth-order valence-electron chi connectivity index (χ4n) is 2.59. The van der Waals surface area contributed by atoms with Crippen molar-refractivity contribution >= 4 is 38.1 Å². The van der Waals surface area contributed by atoms with E-state index in [9.17, 15) is 13.2 Å². The quantitative estimate of drug-likeness (QED) is 0.712. The third kappa shape index (κ3) is 4.14. The summed E-state index contributed by atoms with van der Waals surface area (Å²) in [4.78, 5) is 13.5. The van der Waals surface area contributed by atoms with Gasteiger partial charge in [-0.05, 0) is 60.0 Å². The average molecular weight is 382 g/mol. The van der Waals surface area contributed by atoms with Gasteiger partial charge in [0, 0.05) is 24.6 Å². The summed E-state index contributed by atoms with van der Waals surface area (Å²) in [7, 11) is -0.207. The lowest BCUT2D eigenvalue weighted by Crippen LogP contribution is -2.15. The Hall–Kier alpha value is -2.05. The zero-order chi connectivity index (χ0) is 18.8. The number of rotatable bonds is 6. The Morgan fingerprint density at radius 2 is 1.80 bits per heavy atom. The second-order valence-corrected chi connectivity index (χ2v) is 7.96. The average Bonchev–Trinajstić information content (AvgIpc) is 2.59. The molecule has 0 aliphatic carbocycles. The van der Waals surface area contributed by atoms with Gasteiger partial charge in [-0.1, -0.05) is 6.92 Å². The normalized spacial score (nSPS) is 11.2. The first-order chi connectivity index (χ1) is 11.7. The Bertz CT molecular complexity index is 892. The molecule has 0 heterocycles. The summed E-state index contributed by atoms with van der Waals surface area (Å²) in [5, 5.41) is -0.666. The Morgan fingerprint density at radius 3 is 2.24 bits per heavy atom. The van der Waals surface area contributed by atoms with Gasteiger partial charge in [0.2, 0.25) is 0 Å². The maximum Gasteiger partial charge on any atom is 0.252 e. The summed E-state index contributed by atoms with van der Waals surface area (Å²) in [5.74, 6) is 0.706. The van der Waals surface area contributed by atoms with Crippen molar-refractivity contribution in [1.82, 2.24) is 0 Å². The Morgan fingerprint density at radius 1 is 1.20 bits per heavy atom. The molecular formula is C18H20ClNO4S. The molecule has 0 N–H and O–H groups in total. The van der Waals surface area contributed by atoms with Gasteiger partial charge in [0.25, 0.3) is 5.24 Å². The van der Waals surface area contributed by atoms with Crippen LogP contribution in [0.2, 0.25) is 0 Å². The minimum atomic E-state index is -3.56. The number of carbonyl (C=O) groups excluding carboxylic acids is 1. The molecule has 0 saturated carbocycles. The van der Waals surface area contributed by atoms with Crippen molar-refractivity contribution in [3.05, 3.63) is 47.5 Å². The molecular weight excluding hydrogens is 362 g/mol. The van der Waals surface area contributed by atoms with Crippen LogP contribution in [0.15, 0.2) is 41.3 Å². The molecule has 25 heavy (non-hydrogen) atoms. The van der Waals surface area contributed by atoms with E-state index in [1.54, 1.807) is 37.3 Å². The van der Waals surface area contributed by atoms with Crippen molar-refractivity contribution in [2.45, 2.75) is 18.2 Å². The van der Waals surface area contributed by atoms with Crippen LogP contribution in [0, 0.1) is 0 Å². The maximum atomic E-state index is 12.3. The number of hydrogen-bond acceptors (Lipinski definition) is 5. The standard InChI is InChI=1S/C18H20ClNO4S/c1-5-12-10-16(17(25(4,22)23)11-15(12)18(19)21)20(2)13-6-8-14(24-3)9-7-13/h6-11H,5H2,1-4H3. The summed E-state index contributed by atoms with van der Waals surface area (Å²) in [6.45, 7) is 1.88. The Kier molecular flexibility index (Phi) is 5.75. The van der Waals surface area contributed by atoms with E-state index in [-0.39, 0.29) is 10.5 Å². The van der Waals surface area contributed by atoms with E-state index in [1.165, 1.54) is 6.07 Å². The molecule has 0 saturated heterocycles. The SMILES string of the molecule is CCc1cc(N(C)c2ccc(OC)cc2)c(S(C)(=O)=O)cc1C(=O)Cl. The predicted octanol–water partition coefficient (Wildman–Crippen LogP) is 3.81. The number of sulfone groups is 1. The number of nitrogens with zero attached hydrogens (tertiary/aromatic N) is 1. The molecule has 0 radical (unpaired) electrons. The van der Waals surface area contributed by atoms with E-state index < -0.39 is 15.1 Å². The predicted molar refractivity (Wildman–Crippen MR) is 100 cm³/mol. The monoisotopic (exact) mass is 381 g/mol. The lowest BCUT2D eigenvalue weighted by Gasteiger charge is -2.24. The largest absolute Gasteiger partial charge is 0.497 e. The van der Waals surface area contributed by atoms with E-state index in [4.69, 9.17) is 16.3 Å². The lowest BCUT2D eigenvalue weighted by atomic mass is 10.0. The topological polar surface area (TPSA) is 63.7 Å². The van der Waals surface area contributed by atoms with Crippen molar-refractivity contribution in [3.63, 3.8) is 0 Å². The molecule has 2 aromatic carbocycles. The van der Waals surface area contributed by atoms with E-state index in [1.807, 2.05) is 19.1 Å². The molecule has 0 unspecified atom stereocenters. The van der Waals surface area contributed by atoms with Crippen molar-refractivity contribution in [1.29, 1.82) is 0 Å². The molecule has 0 spiro atoms. The molecule has 2 rings (SSSR count). The number of ether oxygens (including phenoxy) is 1. The first-order valence-corrected chi connectivity index (χ1v) is 9.90. The highest BCUT2D eigenvalue weighted by atomic mass is 35.5. The zero-order valence-electron chi connectivity index (χ0n) is 14.5. The van der Waals surface area contributed by atoms with Gasteiger partial charge in [0.15, 0.2) is 9.84 Å². The number of halogens is 1. The number of aryl methyl sites for hydroxylation is 1. The molecule has 134 valence electrons. The molecule has 0 atom stereocenters. The highest BCUT2D eigenvalue weighted by Crippen LogP contribution is 2.34. The summed E-state index contributed by atoms with van der Waals surface area (Å²) in [6.07, 6.45) is 1.67. The number of hydrogen-bond donors (Lipinski definition) is 0. The van der Waals surface area contributed by atoms with Gasteiger partial charge >= 0.3 is 0 Å². The third-order valence-electron chi connectivity index (χ3n) is 4.00. The molecule has 7 heteroatoms. The Labute approximate surface area is 153 Å². The van der Waals surface area contributed by atoms with Gasteiger partial charge in [0.05, 0.1) is 17.7 Å². The van der Waals surface area contributed by atoms with Crippen LogP contribution in [-0.4, -0.2) is 34.1 Å². The first kappa shape index (κ1) is 19.3. The highest BCUT2D eigenvalue weighted by Gasteiger charge is 2.22. The van der Waals surface area contributed by atoms with Crippen molar-refractivity contribution in [2.24, 2.45) is 0 Å². The number of anilines is 2. The minimum Gasteiger partial charge on any atom is -0.497 e. The van der Waals surface area contributed by atoms with Gasteiger partial charge in [-0.15, -0.1) is 0 Å². The van der Waals surface area contributed by atoms with Gasteiger partial charge in [-0.2, -0.15) is 0 Å². The minimum absolute atomic E-state index is 0.0621. The van der Waals surface area contributed by atoms with Gasteiger partial charge in [0.1, 0.15) is 5.75 Å². The summed E-state index contributed by atoms with van der Waals surface area (Å²) >= 11 is 5.63. The number of benzene rings is 2. The van der Waals surface area contributed by atoms with Crippen LogP contribution < -0.4 is 9.64 Å². The van der Waals surface area contributed by atoms with E-state index in [0.29, 0.717) is 23.4 Å². The molecule has 0 aromatic heterocycles. The summed E-state index contributed by atoms with van der Waals surface area (Å²) < 4.78 is 29.7. The fraction of sp³-hybridized carbons (Fsp3) is 0.278. The Balaban J connectivity index is 2.66. The van der Waals surface area contributed by atoms with E-state index >= 15 is 0 Å². The van der Waals surface area contributed by atoms with Crippen LogP contribution in [0.25, 0.3) is 0 Å². The highest BCUT2D eigenvalue weighted by molar-refractivity contribution is 7.90. The van der Waals surface area contributed by atoms with Crippen molar-refractivity contribution < 1.29 is 17.9 Å². The van der Waals surface area contributed by atoms with Gasteiger partial charge in [-0.3, -0.25) is 4.79 Å². The molecule has 5 nitrogen and oxygen atoms in total. The zero-order valence-corrected chi connectivity index (χ0v) is 16.1. The molecule has 0 amide bonds. The molecule has 0 aliphatic rings. The van der Waals surface area contributed by atoms with Gasteiger partial charge in [-0.25, -0.2) is 8.42 Å². The van der Waals surface area contributed by atoms with Crippen LogP contribution in [0.1, 0.15) is 22.8 Å².